The number of rotatable bonds is 6. The normalized spacial score (nSPS) is 12.3. The summed E-state index contributed by atoms with van der Waals surface area (Å²) in [6.07, 6.45) is 0.654. The molecule has 0 N–H and O–H groups in total. The van der Waals surface area contributed by atoms with Crippen LogP contribution in [0.1, 0.15) is 20.3 Å². The fourth-order valence-electron chi connectivity index (χ4n) is 0.975. The number of halogens is 1. The maximum Gasteiger partial charge on any atom is 0.214 e. The van der Waals surface area contributed by atoms with Gasteiger partial charge in [-0.05, 0) is 6.42 Å². The van der Waals surface area contributed by atoms with E-state index in [9.17, 15) is 8.42 Å². The topological polar surface area (TPSA) is 37.4 Å². The van der Waals surface area contributed by atoms with Crippen LogP contribution in [0, 0.1) is 0 Å². The van der Waals surface area contributed by atoms with Crippen LogP contribution in [-0.4, -0.2) is 37.4 Å². The van der Waals surface area contributed by atoms with Crippen LogP contribution in [0.4, 0.5) is 0 Å². The van der Waals surface area contributed by atoms with E-state index in [1.165, 1.54) is 4.31 Å². The first-order valence-corrected chi connectivity index (χ1v) is 6.26. The summed E-state index contributed by atoms with van der Waals surface area (Å²) in [5, 5.41) is 0. The smallest absolute Gasteiger partial charge is 0.212 e. The number of alkyl halides is 1. The van der Waals surface area contributed by atoms with Crippen molar-refractivity contribution in [3.8, 4) is 0 Å². The van der Waals surface area contributed by atoms with Crippen molar-refractivity contribution in [3.63, 3.8) is 0 Å². The molecule has 0 aliphatic carbocycles. The van der Waals surface area contributed by atoms with E-state index in [0.29, 0.717) is 25.4 Å². The molecule has 0 aromatic heterocycles. The van der Waals surface area contributed by atoms with Gasteiger partial charge in [-0.15, -0.1) is 11.6 Å². The Balaban J connectivity index is 4.27. The molecule has 0 unspecified atom stereocenters. The van der Waals surface area contributed by atoms with Crippen molar-refractivity contribution in [2.24, 2.45) is 0 Å². The van der Waals surface area contributed by atoms with E-state index in [0.717, 1.165) is 0 Å². The lowest BCUT2D eigenvalue weighted by Crippen LogP contribution is -2.34. The molecular weight excluding hydrogens is 198 g/mol. The highest BCUT2D eigenvalue weighted by Crippen LogP contribution is 2.02. The molecule has 0 saturated heterocycles. The Morgan fingerprint density at radius 3 is 2.25 bits per heavy atom. The SMILES string of the molecule is CCCS(=O)(=O)N(CC)CCCl. The van der Waals surface area contributed by atoms with Crippen LogP contribution in [-0.2, 0) is 10.0 Å². The van der Waals surface area contributed by atoms with Crippen molar-refractivity contribution in [1.29, 1.82) is 0 Å². The summed E-state index contributed by atoms with van der Waals surface area (Å²) in [7, 11) is -3.04. The molecular formula is C7H16ClNO2S. The molecule has 0 rings (SSSR count). The van der Waals surface area contributed by atoms with Crippen LogP contribution in [0.2, 0.25) is 0 Å². The maximum absolute atomic E-state index is 11.4. The second kappa shape index (κ2) is 5.78. The third-order valence-electron chi connectivity index (χ3n) is 1.54. The van der Waals surface area contributed by atoms with Crippen LogP contribution in [0.25, 0.3) is 0 Å². The van der Waals surface area contributed by atoms with Crippen LogP contribution >= 0.6 is 11.6 Å². The highest BCUT2D eigenvalue weighted by Gasteiger charge is 2.17. The van der Waals surface area contributed by atoms with Gasteiger partial charge in [0.1, 0.15) is 0 Å². The number of hydrogen-bond acceptors (Lipinski definition) is 2. The van der Waals surface area contributed by atoms with Crippen molar-refractivity contribution in [2.45, 2.75) is 20.3 Å². The molecule has 5 heteroatoms. The fourth-order valence-corrected chi connectivity index (χ4v) is 2.82. The fraction of sp³-hybridized carbons (Fsp3) is 1.00. The van der Waals surface area contributed by atoms with Gasteiger partial charge in [-0.1, -0.05) is 13.8 Å². The molecule has 0 aliphatic heterocycles. The number of hydrogen-bond donors (Lipinski definition) is 0. The molecule has 74 valence electrons. The molecule has 0 aromatic rings. The van der Waals surface area contributed by atoms with Crippen LogP contribution in [0.3, 0.4) is 0 Å². The summed E-state index contributed by atoms with van der Waals surface area (Å²) >= 11 is 5.48. The quantitative estimate of drug-likeness (QED) is 0.624. The van der Waals surface area contributed by atoms with Crippen LogP contribution < -0.4 is 0 Å². The minimum Gasteiger partial charge on any atom is -0.212 e. The van der Waals surface area contributed by atoms with Gasteiger partial charge >= 0.3 is 0 Å². The molecule has 0 amide bonds. The predicted molar refractivity (Wildman–Crippen MR) is 52.0 cm³/mol. The summed E-state index contributed by atoms with van der Waals surface area (Å²) in [5.74, 6) is 0.578. The van der Waals surface area contributed by atoms with Gasteiger partial charge in [0.05, 0.1) is 5.75 Å². The molecule has 12 heavy (non-hydrogen) atoms. The lowest BCUT2D eigenvalue weighted by atomic mass is 10.6. The molecule has 0 bridgehead atoms. The first kappa shape index (κ1) is 12.2. The summed E-state index contributed by atoms with van der Waals surface area (Å²) in [6.45, 7) is 4.60. The Labute approximate surface area is 79.8 Å². The Morgan fingerprint density at radius 1 is 1.33 bits per heavy atom. The minimum atomic E-state index is -3.04. The molecule has 0 radical (unpaired) electrons. The van der Waals surface area contributed by atoms with E-state index >= 15 is 0 Å². The first-order chi connectivity index (χ1) is 5.58. The lowest BCUT2D eigenvalue weighted by molar-refractivity contribution is 0.446. The first-order valence-electron chi connectivity index (χ1n) is 4.12. The summed E-state index contributed by atoms with van der Waals surface area (Å²) in [6, 6.07) is 0. The molecule has 0 fully saturated rings. The minimum absolute atomic E-state index is 0.220. The van der Waals surface area contributed by atoms with Gasteiger partial charge in [-0.2, -0.15) is 0 Å². The molecule has 0 saturated carbocycles. The average Bonchev–Trinajstić information content (AvgIpc) is 1.99. The van der Waals surface area contributed by atoms with Crippen molar-refractivity contribution in [1.82, 2.24) is 4.31 Å². The largest absolute Gasteiger partial charge is 0.214 e. The van der Waals surface area contributed by atoms with Gasteiger partial charge in [0, 0.05) is 19.0 Å². The van der Waals surface area contributed by atoms with Crippen molar-refractivity contribution in [2.75, 3.05) is 24.7 Å². The summed E-state index contributed by atoms with van der Waals surface area (Å²) < 4.78 is 24.3. The van der Waals surface area contributed by atoms with Gasteiger partial charge in [0.15, 0.2) is 0 Å². The van der Waals surface area contributed by atoms with E-state index in [4.69, 9.17) is 11.6 Å². The van der Waals surface area contributed by atoms with Gasteiger partial charge in [-0.25, -0.2) is 12.7 Å². The van der Waals surface area contributed by atoms with Gasteiger partial charge in [0.2, 0.25) is 10.0 Å². The van der Waals surface area contributed by atoms with E-state index in [2.05, 4.69) is 0 Å². The predicted octanol–water partition coefficient (Wildman–Crippen LogP) is 1.29. The Bertz CT molecular complexity index is 203. The third-order valence-corrected chi connectivity index (χ3v) is 3.86. The molecule has 0 aliphatic rings. The van der Waals surface area contributed by atoms with E-state index in [1.807, 2.05) is 13.8 Å². The molecule has 0 aromatic carbocycles. The summed E-state index contributed by atoms with van der Waals surface area (Å²) in [4.78, 5) is 0. The number of sulfonamides is 1. The highest BCUT2D eigenvalue weighted by molar-refractivity contribution is 7.89. The Kier molecular flexibility index (Phi) is 5.88. The third kappa shape index (κ3) is 3.74. The zero-order valence-electron chi connectivity index (χ0n) is 7.59. The zero-order valence-corrected chi connectivity index (χ0v) is 9.16. The molecule has 3 nitrogen and oxygen atoms in total. The molecule has 0 atom stereocenters. The Morgan fingerprint density at radius 2 is 1.92 bits per heavy atom. The number of nitrogens with zero attached hydrogens (tertiary/aromatic N) is 1. The Hall–Kier alpha value is 0.200. The molecule has 0 spiro atoms. The van der Waals surface area contributed by atoms with Crippen LogP contribution in [0.5, 0.6) is 0 Å². The van der Waals surface area contributed by atoms with Gasteiger partial charge in [0.25, 0.3) is 0 Å². The second-order valence-corrected chi connectivity index (χ2v) is 4.96. The van der Waals surface area contributed by atoms with Crippen molar-refractivity contribution < 1.29 is 8.42 Å². The van der Waals surface area contributed by atoms with Crippen molar-refractivity contribution >= 4 is 21.6 Å². The van der Waals surface area contributed by atoms with Gasteiger partial charge < -0.3 is 0 Å². The maximum atomic E-state index is 11.4. The van der Waals surface area contributed by atoms with Crippen LogP contribution in [0.15, 0.2) is 0 Å². The summed E-state index contributed by atoms with van der Waals surface area (Å²) in [5.41, 5.74) is 0. The second-order valence-electron chi connectivity index (χ2n) is 2.50. The lowest BCUT2D eigenvalue weighted by Gasteiger charge is -2.18. The van der Waals surface area contributed by atoms with E-state index < -0.39 is 10.0 Å². The van der Waals surface area contributed by atoms with E-state index in [1.54, 1.807) is 0 Å². The monoisotopic (exact) mass is 213 g/mol. The van der Waals surface area contributed by atoms with Gasteiger partial charge in [-0.3, -0.25) is 0 Å². The van der Waals surface area contributed by atoms with Crippen molar-refractivity contribution in [3.05, 3.63) is 0 Å². The average molecular weight is 214 g/mol. The molecule has 0 heterocycles. The standard InChI is InChI=1S/C7H16ClNO2S/c1-3-7-12(10,11)9(4-2)6-5-8/h3-7H2,1-2H3. The van der Waals surface area contributed by atoms with E-state index in [-0.39, 0.29) is 5.75 Å². The zero-order chi connectivity index (χ0) is 9.61. The highest BCUT2D eigenvalue weighted by atomic mass is 35.5.